The number of benzene rings is 2. The maximum absolute atomic E-state index is 12.1. The number of hydrogen-bond acceptors (Lipinski definition) is 4. The van der Waals surface area contributed by atoms with Gasteiger partial charge in [-0.25, -0.2) is 4.79 Å². The number of rotatable bonds is 4. The quantitative estimate of drug-likeness (QED) is 0.453. The molecule has 0 fully saturated rings. The van der Waals surface area contributed by atoms with Crippen LogP contribution in [0.1, 0.15) is 10.4 Å². The predicted octanol–water partition coefficient (Wildman–Crippen LogP) is 3.60. The molecule has 4 nitrogen and oxygen atoms in total. The van der Waals surface area contributed by atoms with Gasteiger partial charge in [0.05, 0.1) is 0 Å². The van der Waals surface area contributed by atoms with E-state index in [1.54, 1.807) is 24.3 Å². The van der Waals surface area contributed by atoms with Gasteiger partial charge in [0.25, 0.3) is 0 Å². The highest BCUT2D eigenvalue weighted by Crippen LogP contribution is 2.13. The Kier molecular flexibility index (Phi) is 3.83. The van der Waals surface area contributed by atoms with Crippen molar-refractivity contribution >= 4 is 22.4 Å². The third kappa shape index (κ3) is 2.96. The Balaban J connectivity index is 1.83. The smallest absolute Gasteiger partial charge is 0.347 e. The van der Waals surface area contributed by atoms with Crippen LogP contribution in [0.25, 0.3) is 11.0 Å². The Labute approximate surface area is 126 Å². The second-order valence-electron chi connectivity index (χ2n) is 4.69. The fourth-order valence-corrected chi connectivity index (χ4v) is 2.07. The van der Waals surface area contributed by atoms with Crippen LogP contribution in [0.15, 0.2) is 82.2 Å². The van der Waals surface area contributed by atoms with Gasteiger partial charge < -0.3 is 9.73 Å². The molecule has 0 unspecified atom stereocenters. The molecular weight excluding hydrogens is 278 g/mol. The fraction of sp³-hybridized carbons (Fsp3) is 0. The fourth-order valence-electron chi connectivity index (χ4n) is 2.07. The summed E-state index contributed by atoms with van der Waals surface area (Å²) in [5, 5.41) is 3.69. The summed E-state index contributed by atoms with van der Waals surface area (Å²) < 4.78 is 5.15. The number of allylic oxidation sites excluding steroid dienone is 1. The van der Waals surface area contributed by atoms with E-state index in [1.807, 2.05) is 36.4 Å². The summed E-state index contributed by atoms with van der Waals surface area (Å²) in [7, 11) is 0. The third-order valence-electron chi connectivity index (χ3n) is 3.17. The lowest BCUT2D eigenvalue weighted by atomic mass is 10.1. The zero-order chi connectivity index (χ0) is 15.4. The molecule has 1 heterocycles. The van der Waals surface area contributed by atoms with Crippen molar-refractivity contribution in [2.75, 3.05) is 5.32 Å². The van der Waals surface area contributed by atoms with E-state index in [-0.39, 0.29) is 5.56 Å². The molecule has 1 aromatic heterocycles. The van der Waals surface area contributed by atoms with Crippen LogP contribution in [0.3, 0.4) is 0 Å². The van der Waals surface area contributed by atoms with Crippen LogP contribution in [-0.2, 0) is 0 Å². The molecule has 0 bridgehead atoms. The molecule has 1 N–H and O–H groups in total. The zero-order valence-corrected chi connectivity index (χ0v) is 11.7. The first kappa shape index (κ1) is 13.8. The molecular formula is C18H13NO3. The summed E-state index contributed by atoms with van der Waals surface area (Å²) in [5.41, 5.74) is 0.713. The van der Waals surface area contributed by atoms with Gasteiger partial charge in [-0.15, -0.1) is 0 Å². The first-order valence-electron chi connectivity index (χ1n) is 6.79. The summed E-state index contributed by atoms with van der Waals surface area (Å²) in [6, 6.07) is 18.1. The number of carbonyl (C=O) groups is 1. The van der Waals surface area contributed by atoms with Crippen LogP contribution in [0.2, 0.25) is 0 Å². The van der Waals surface area contributed by atoms with Crippen LogP contribution >= 0.6 is 0 Å². The van der Waals surface area contributed by atoms with E-state index in [9.17, 15) is 9.59 Å². The molecule has 3 rings (SSSR count). The molecule has 0 radical (unpaired) electrons. The van der Waals surface area contributed by atoms with Crippen molar-refractivity contribution in [3.8, 4) is 0 Å². The standard InChI is InChI=1S/C18H13NO3/c20-16(10-11-19-14-7-2-1-3-8-14)15-12-13-6-4-5-9-17(13)22-18(15)21/h1-12,19H. The van der Waals surface area contributed by atoms with Crippen molar-refractivity contribution in [2.24, 2.45) is 0 Å². The number of fused-ring (bicyclic) bond motifs is 1. The third-order valence-corrected chi connectivity index (χ3v) is 3.17. The summed E-state index contributed by atoms with van der Waals surface area (Å²) in [5.74, 6) is -0.400. The minimum absolute atomic E-state index is 0.0183. The van der Waals surface area contributed by atoms with Gasteiger partial charge >= 0.3 is 5.63 Å². The van der Waals surface area contributed by atoms with Crippen molar-refractivity contribution in [3.63, 3.8) is 0 Å². The predicted molar refractivity (Wildman–Crippen MR) is 86.0 cm³/mol. The van der Waals surface area contributed by atoms with E-state index in [2.05, 4.69) is 5.32 Å². The highest BCUT2D eigenvalue weighted by molar-refractivity contribution is 6.05. The Hall–Kier alpha value is -3.14. The van der Waals surface area contributed by atoms with Gasteiger partial charge in [-0.1, -0.05) is 36.4 Å². The van der Waals surface area contributed by atoms with Crippen molar-refractivity contribution in [3.05, 3.63) is 88.9 Å². The molecule has 2 aromatic carbocycles. The van der Waals surface area contributed by atoms with Crippen molar-refractivity contribution in [1.82, 2.24) is 0 Å². The van der Waals surface area contributed by atoms with Crippen LogP contribution < -0.4 is 10.9 Å². The second kappa shape index (κ2) is 6.10. The molecule has 0 aliphatic heterocycles. The van der Waals surface area contributed by atoms with Crippen LogP contribution in [0, 0.1) is 0 Å². The van der Waals surface area contributed by atoms with E-state index in [1.165, 1.54) is 12.3 Å². The van der Waals surface area contributed by atoms with Crippen LogP contribution in [-0.4, -0.2) is 5.78 Å². The van der Waals surface area contributed by atoms with Gasteiger partial charge in [-0.05, 0) is 24.3 Å². The van der Waals surface area contributed by atoms with Gasteiger partial charge in [0.15, 0.2) is 5.78 Å². The molecule has 108 valence electrons. The molecule has 0 aliphatic carbocycles. The van der Waals surface area contributed by atoms with Crippen molar-refractivity contribution in [2.45, 2.75) is 0 Å². The molecule has 0 atom stereocenters. The number of carbonyl (C=O) groups excluding carboxylic acids is 1. The Morgan fingerprint density at radius 1 is 1.00 bits per heavy atom. The molecule has 0 amide bonds. The van der Waals surface area contributed by atoms with Gasteiger partial charge in [0.2, 0.25) is 0 Å². The zero-order valence-electron chi connectivity index (χ0n) is 11.7. The Morgan fingerprint density at radius 3 is 2.55 bits per heavy atom. The SMILES string of the molecule is O=C(C=CNc1ccccc1)c1cc2ccccc2oc1=O. The molecule has 0 spiro atoms. The summed E-state index contributed by atoms with van der Waals surface area (Å²) in [6.45, 7) is 0. The number of ketones is 1. The monoisotopic (exact) mass is 291 g/mol. The first-order chi connectivity index (χ1) is 10.7. The van der Waals surface area contributed by atoms with Gasteiger partial charge in [0, 0.05) is 23.3 Å². The Morgan fingerprint density at radius 2 is 1.73 bits per heavy atom. The minimum atomic E-state index is -0.631. The number of anilines is 1. The lowest BCUT2D eigenvalue weighted by Gasteiger charge is -2.00. The maximum Gasteiger partial charge on any atom is 0.347 e. The highest BCUT2D eigenvalue weighted by Gasteiger charge is 2.10. The van der Waals surface area contributed by atoms with Gasteiger partial charge in [-0.2, -0.15) is 0 Å². The molecule has 0 saturated heterocycles. The van der Waals surface area contributed by atoms with Gasteiger partial charge in [0.1, 0.15) is 11.1 Å². The molecule has 4 heteroatoms. The van der Waals surface area contributed by atoms with Crippen LogP contribution in [0.4, 0.5) is 5.69 Å². The largest absolute Gasteiger partial charge is 0.422 e. The van der Waals surface area contributed by atoms with E-state index < -0.39 is 11.4 Å². The lowest BCUT2D eigenvalue weighted by Crippen LogP contribution is -2.12. The van der Waals surface area contributed by atoms with Crippen molar-refractivity contribution in [1.29, 1.82) is 0 Å². The number of para-hydroxylation sites is 2. The first-order valence-corrected chi connectivity index (χ1v) is 6.79. The normalized spacial score (nSPS) is 10.9. The summed E-state index contributed by atoms with van der Waals surface area (Å²) in [6.07, 6.45) is 2.82. The van der Waals surface area contributed by atoms with E-state index in [0.29, 0.717) is 5.58 Å². The number of hydrogen-bond donors (Lipinski definition) is 1. The molecule has 22 heavy (non-hydrogen) atoms. The topological polar surface area (TPSA) is 59.3 Å². The summed E-state index contributed by atoms with van der Waals surface area (Å²) in [4.78, 5) is 24.0. The Bertz CT molecular complexity index is 895. The van der Waals surface area contributed by atoms with E-state index in [0.717, 1.165) is 11.1 Å². The average Bonchev–Trinajstić information content (AvgIpc) is 2.55. The van der Waals surface area contributed by atoms with Crippen molar-refractivity contribution < 1.29 is 9.21 Å². The van der Waals surface area contributed by atoms with Crippen LogP contribution in [0.5, 0.6) is 0 Å². The molecule has 3 aromatic rings. The van der Waals surface area contributed by atoms with Gasteiger partial charge in [-0.3, -0.25) is 4.79 Å². The van der Waals surface area contributed by atoms with E-state index in [4.69, 9.17) is 4.42 Å². The average molecular weight is 291 g/mol. The molecule has 0 saturated carbocycles. The molecule has 0 aliphatic rings. The summed E-state index contributed by atoms with van der Waals surface area (Å²) >= 11 is 0. The lowest BCUT2D eigenvalue weighted by molar-refractivity contribution is 0.104. The highest BCUT2D eigenvalue weighted by atomic mass is 16.4. The second-order valence-corrected chi connectivity index (χ2v) is 4.69. The minimum Gasteiger partial charge on any atom is -0.422 e. The number of nitrogens with one attached hydrogen (secondary N) is 1. The van der Waals surface area contributed by atoms with E-state index >= 15 is 0 Å². The maximum atomic E-state index is 12.1.